The summed E-state index contributed by atoms with van der Waals surface area (Å²) in [4.78, 5) is 8.19. The molecule has 2 rings (SSSR count). The molecule has 0 fully saturated rings. The molecule has 0 aromatic carbocycles. The number of hydrogen-bond acceptors (Lipinski definition) is 4. The summed E-state index contributed by atoms with van der Waals surface area (Å²) in [5, 5.41) is 5.64. The topological polar surface area (TPSA) is 37.8 Å². The number of halogens is 1. The first-order valence-corrected chi connectivity index (χ1v) is 4.93. The van der Waals surface area contributed by atoms with E-state index >= 15 is 0 Å². The molecule has 2 aromatic rings. The maximum atomic E-state index is 12.6. The van der Waals surface area contributed by atoms with Crippen molar-refractivity contribution in [2.24, 2.45) is 0 Å². The van der Waals surface area contributed by atoms with Crippen LogP contribution in [0.5, 0.6) is 0 Å². The van der Waals surface area contributed by atoms with Crippen LogP contribution in [0.25, 0.3) is 11.4 Å². The van der Waals surface area contributed by atoms with E-state index < -0.39 is 0 Å². The molecule has 14 heavy (non-hydrogen) atoms. The molecule has 0 aliphatic carbocycles. The van der Waals surface area contributed by atoms with Gasteiger partial charge in [0.2, 0.25) is 0 Å². The molecule has 0 saturated heterocycles. The van der Waals surface area contributed by atoms with Crippen molar-refractivity contribution < 1.29 is 4.39 Å². The smallest absolute Gasteiger partial charge is 0.183 e. The Kier molecular flexibility index (Phi) is 2.41. The standard InChI is InChI=1S/C9H8FN3S/c1-11-9-13-8(5-14-9)7-3-2-6(10)4-12-7/h2-5H,1H3,(H,11,13). The molecule has 2 aromatic heterocycles. The van der Waals surface area contributed by atoms with E-state index in [-0.39, 0.29) is 5.82 Å². The number of hydrogen-bond donors (Lipinski definition) is 1. The molecule has 0 amide bonds. The highest BCUT2D eigenvalue weighted by Crippen LogP contribution is 2.22. The lowest BCUT2D eigenvalue weighted by molar-refractivity contribution is 0.622. The van der Waals surface area contributed by atoms with Gasteiger partial charge in [0.15, 0.2) is 5.13 Å². The first-order valence-electron chi connectivity index (χ1n) is 4.05. The molecular formula is C9H8FN3S. The number of nitrogens with zero attached hydrogens (tertiary/aromatic N) is 2. The SMILES string of the molecule is CNc1nc(-c2ccc(F)cn2)cs1. The van der Waals surface area contributed by atoms with E-state index in [1.165, 1.54) is 23.6 Å². The Bertz CT molecular complexity index is 424. The Balaban J connectivity index is 2.34. The molecule has 0 atom stereocenters. The van der Waals surface area contributed by atoms with Crippen LogP contribution in [0.3, 0.4) is 0 Å². The summed E-state index contributed by atoms with van der Waals surface area (Å²) in [6.45, 7) is 0. The van der Waals surface area contributed by atoms with E-state index in [0.29, 0.717) is 5.69 Å². The van der Waals surface area contributed by atoms with Crippen molar-refractivity contribution in [2.75, 3.05) is 12.4 Å². The fourth-order valence-corrected chi connectivity index (χ4v) is 1.70. The van der Waals surface area contributed by atoms with Gasteiger partial charge < -0.3 is 5.32 Å². The summed E-state index contributed by atoms with van der Waals surface area (Å²) in [6, 6.07) is 2.99. The Morgan fingerprint density at radius 2 is 2.21 bits per heavy atom. The van der Waals surface area contributed by atoms with Crippen LogP contribution in [0, 0.1) is 5.82 Å². The minimum atomic E-state index is -0.335. The van der Waals surface area contributed by atoms with Gasteiger partial charge in [-0.1, -0.05) is 0 Å². The highest BCUT2D eigenvalue weighted by molar-refractivity contribution is 7.14. The molecule has 0 bridgehead atoms. The number of anilines is 1. The van der Waals surface area contributed by atoms with Gasteiger partial charge in [-0.05, 0) is 12.1 Å². The maximum Gasteiger partial charge on any atom is 0.183 e. The normalized spacial score (nSPS) is 10.1. The fraction of sp³-hybridized carbons (Fsp3) is 0.111. The van der Waals surface area contributed by atoms with E-state index in [1.54, 1.807) is 13.1 Å². The molecule has 0 aliphatic rings. The largest absolute Gasteiger partial charge is 0.365 e. The van der Waals surface area contributed by atoms with E-state index in [2.05, 4.69) is 15.3 Å². The predicted octanol–water partition coefficient (Wildman–Crippen LogP) is 2.39. The fourth-order valence-electron chi connectivity index (χ4n) is 1.03. The molecule has 2 heterocycles. The van der Waals surface area contributed by atoms with Gasteiger partial charge in [-0.15, -0.1) is 11.3 Å². The van der Waals surface area contributed by atoms with Crippen LogP contribution in [0.15, 0.2) is 23.7 Å². The van der Waals surface area contributed by atoms with Crippen LogP contribution in [0.1, 0.15) is 0 Å². The van der Waals surface area contributed by atoms with Crippen LogP contribution in [-0.4, -0.2) is 17.0 Å². The lowest BCUT2D eigenvalue weighted by atomic mass is 10.3. The third kappa shape index (κ3) is 1.72. The Morgan fingerprint density at radius 1 is 1.36 bits per heavy atom. The summed E-state index contributed by atoms with van der Waals surface area (Å²) < 4.78 is 12.6. The zero-order valence-corrected chi connectivity index (χ0v) is 8.31. The average Bonchev–Trinajstić information content (AvgIpc) is 2.67. The molecule has 1 N–H and O–H groups in total. The predicted molar refractivity (Wildman–Crippen MR) is 54.8 cm³/mol. The lowest BCUT2D eigenvalue weighted by Crippen LogP contribution is -1.87. The Hall–Kier alpha value is -1.49. The number of rotatable bonds is 2. The molecule has 5 heteroatoms. The Morgan fingerprint density at radius 3 is 2.79 bits per heavy atom. The van der Waals surface area contributed by atoms with Gasteiger partial charge in [-0.3, -0.25) is 4.98 Å². The molecule has 3 nitrogen and oxygen atoms in total. The molecule has 0 aliphatic heterocycles. The van der Waals surface area contributed by atoms with Gasteiger partial charge in [-0.2, -0.15) is 0 Å². The van der Waals surface area contributed by atoms with Gasteiger partial charge in [0.1, 0.15) is 11.5 Å². The summed E-state index contributed by atoms with van der Waals surface area (Å²) in [5.74, 6) is -0.335. The maximum absolute atomic E-state index is 12.6. The lowest BCUT2D eigenvalue weighted by Gasteiger charge is -1.94. The third-order valence-electron chi connectivity index (χ3n) is 1.71. The Labute approximate surface area is 84.6 Å². The summed E-state index contributed by atoms with van der Waals surface area (Å²) in [6.07, 6.45) is 1.19. The van der Waals surface area contributed by atoms with E-state index in [9.17, 15) is 4.39 Å². The van der Waals surface area contributed by atoms with Crippen molar-refractivity contribution in [1.82, 2.24) is 9.97 Å². The second-order valence-corrected chi connectivity index (χ2v) is 3.51. The number of aromatic nitrogens is 2. The average molecular weight is 209 g/mol. The van der Waals surface area contributed by atoms with Crippen molar-refractivity contribution in [3.63, 3.8) is 0 Å². The zero-order chi connectivity index (χ0) is 9.97. The zero-order valence-electron chi connectivity index (χ0n) is 7.49. The van der Waals surface area contributed by atoms with Crippen molar-refractivity contribution in [3.05, 3.63) is 29.5 Å². The first kappa shape index (κ1) is 9.08. The van der Waals surface area contributed by atoms with Gasteiger partial charge in [-0.25, -0.2) is 9.37 Å². The molecule has 0 radical (unpaired) electrons. The molecule has 72 valence electrons. The number of pyridine rings is 1. The number of nitrogens with one attached hydrogen (secondary N) is 1. The second kappa shape index (κ2) is 3.71. The van der Waals surface area contributed by atoms with Crippen LogP contribution in [-0.2, 0) is 0 Å². The first-order chi connectivity index (χ1) is 6.79. The molecule has 0 unspecified atom stereocenters. The van der Waals surface area contributed by atoms with Gasteiger partial charge in [0, 0.05) is 12.4 Å². The highest BCUT2D eigenvalue weighted by Gasteiger charge is 2.04. The minimum absolute atomic E-state index is 0.335. The van der Waals surface area contributed by atoms with Crippen molar-refractivity contribution >= 4 is 16.5 Å². The van der Waals surface area contributed by atoms with E-state index in [1.807, 2.05) is 5.38 Å². The summed E-state index contributed by atoms with van der Waals surface area (Å²) >= 11 is 1.49. The van der Waals surface area contributed by atoms with Crippen molar-refractivity contribution in [2.45, 2.75) is 0 Å². The summed E-state index contributed by atoms with van der Waals surface area (Å²) in [5.41, 5.74) is 1.45. The number of thiazole rings is 1. The molecule has 0 saturated carbocycles. The van der Waals surface area contributed by atoms with Crippen LogP contribution < -0.4 is 5.32 Å². The van der Waals surface area contributed by atoms with Crippen molar-refractivity contribution in [3.8, 4) is 11.4 Å². The monoisotopic (exact) mass is 209 g/mol. The van der Waals surface area contributed by atoms with Crippen LogP contribution in [0.2, 0.25) is 0 Å². The van der Waals surface area contributed by atoms with E-state index in [0.717, 1.165) is 10.8 Å². The minimum Gasteiger partial charge on any atom is -0.365 e. The van der Waals surface area contributed by atoms with Gasteiger partial charge >= 0.3 is 0 Å². The van der Waals surface area contributed by atoms with Crippen LogP contribution >= 0.6 is 11.3 Å². The van der Waals surface area contributed by atoms with Crippen molar-refractivity contribution in [1.29, 1.82) is 0 Å². The highest BCUT2D eigenvalue weighted by atomic mass is 32.1. The molecular weight excluding hydrogens is 201 g/mol. The second-order valence-electron chi connectivity index (χ2n) is 2.65. The quantitative estimate of drug-likeness (QED) is 0.825. The van der Waals surface area contributed by atoms with Gasteiger partial charge in [0.25, 0.3) is 0 Å². The summed E-state index contributed by atoms with van der Waals surface area (Å²) in [7, 11) is 1.81. The third-order valence-corrected chi connectivity index (χ3v) is 2.57. The van der Waals surface area contributed by atoms with E-state index in [4.69, 9.17) is 0 Å². The van der Waals surface area contributed by atoms with Crippen LogP contribution in [0.4, 0.5) is 9.52 Å². The molecule has 0 spiro atoms. The van der Waals surface area contributed by atoms with Gasteiger partial charge in [0.05, 0.1) is 11.9 Å².